The molecule has 2 saturated heterocycles. The molecular weight excluding hydrogens is 396 g/mol. The minimum atomic E-state index is -0.953. The molecule has 0 spiro atoms. The standard InChI is InChI=1S/C15H8N4O6S2/c20-11-9(12(21)17-14(23)16-11)6-18-13(22)10(27-15(18)26)5-7-1-3-8(4-2-7)19(24)25/h1-6H,(H2,16,17,20,21,23)/b10-5+. The Bertz CT molecular complexity index is 961. The zero-order valence-electron chi connectivity index (χ0n) is 13.1. The zero-order valence-corrected chi connectivity index (χ0v) is 14.8. The molecule has 12 heteroatoms. The van der Waals surface area contributed by atoms with Gasteiger partial charge in [0, 0.05) is 18.3 Å². The molecule has 2 fully saturated rings. The number of nitrogens with zero attached hydrogens (tertiary/aromatic N) is 2. The summed E-state index contributed by atoms with van der Waals surface area (Å²) in [6.07, 6.45) is 2.44. The number of imide groups is 2. The Kier molecular flexibility index (Phi) is 4.83. The summed E-state index contributed by atoms with van der Waals surface area (Å²) in [7, 11) is 0. The molecule has 2 aliphatic heterocycles. The first-order chi connectivity index (χ1) is 12.8. The van der Waals surface area contributed by atoms with E-state index in [1.54, 1.807) is 0 Å². The summed E-state index contributed by atoms with van der Waals surface area (Å²) < 4.78 is 0.0816. The van der Waals surface area contributed by atoms with Crippen LogP contribution in [0.2, 0.25) is 0 Å². The number of non-ortho nitro benzene ring substituents is 1. The molecular formula is C15H8N4O6S2. The molecule has 10 nitrogen and oxygen atoms in total. The maximum atomic E-state index is 12.5. The van der Waals surface area contributed by atoms with Crippen LogP contribution in [0, 0.1) is 10.1 Å². The summed E-state index contributed by atoms with van der Waals surface area (Å²) in [5, 5.41) is 14.5. The van der Waals surface area contributed by atoms with Gasteiger partial charge in [-0.25, -0.2) is 4.79 Å². The summed E-state index contributed by atoms with van der Waals surface area (Å²) in [4.78, 5) is 58.4. The number of carbonyl (C=O) groups is 4. The highest BCUT2D eigenvalue weighted by atomic mass is 32.2. The van der Waals surface area contributed by atoms with E-state index in [9.17, 15) is 29.3 Å². The van der Waals surface area contributed by atoms with Gasteiger partial charge in [-0.3, -0.25) is 40.0 Å². The van der Waals surface area contributed by atoms with Crippen molar-refractivity contribution in [2.24, 2.45) is 0 Å². The second-order valence-electron chi connectivity index (χ2n) is 5.18. The van der Waals surface area contributed by atoms with E-state index < -0.39 is 34.2 Å². The van der Waals surface area contributed by atoms with E-state index in [0.717, 1.165) is 22.9 Å². The fourth-order valence-electron chi connectivity index (χ4n) is 2.16. The first-order valence-electron chi connectivity index (χ1n) is 7.16. The number of thioether (sulfide) groups is 1. The lowest BCUT2D eigenvalue weighted by Crippen LogP contribution is -2.52. The maximum absolute atomic E-state index is 12.5. The highest BCUT2D eigenvalue weighted by molar-refractivity contribution is 8.26. The van der Waals surface area contributed by atoms with Crippen molar-refractivity contribution in [1.29, 1.82) is 0 Å². The second-order valence-corrected chi connectivity index (χ2v) is 6.86. The van der Waals surface area contributed by atoms with Crippen molar-refractivity contribution in [2.45, 2.75) is 0 Å². The average molecular weight is 404 g/mol. The van der Waals surface area contributed by atoms with E-state index in [0.29, 0.717) is 5.56 Å². The van der Waals surface area contributed by atoms with Crippen LogP contribution in [0.25, 0.3) is 6.08 Å². The van der Waals surface area contributed by atoms with E-state index in [-0.39, 0.29) is 14.9 Å². The predicted octanol–water partition coefficient (Wildman–Crippen LogP) is 1.05. The Hall–Kier alpha value is -3.38. The molecule has 0 radical (unpaired) electrons. The van der Waals surface area contributed by atoms with Crippen LogP contribution in [0.15, 0.2) is 40.9 Å². The van der Waals surface area contributed by atoms with Gasteiger partial charge in [-0.2, -0.15) is 0 Å². The molecule has 136 valence electrons. The predicted molar refractivity (Wildman–Crippen MR) is 97.9 cm³/mol. The number of urea groups is 1. The van der Waals surface area contributed by atoms with E-state index >= 15 is 0 Å². The molecule has 1 aromatic carbocycles. The number of rotatable bonds is 3. The van der Waals surface area contributed by atoms with Gasteiger partial charge in [0.15, 0.2) is 4.32 Å². The van der Waals surface area contributed by atoms with Crippen LogP contribution < -0.4 is 10.6 Å². The number of barbiturate groups is 1. The number of nitro groups is 1. The number of amides is 5. The minimum Gasteiger partial charge on any atom is -0.273 e. The third-order valence-corrected chi connectivity index (χ3v) is 4.76. The third kappa shape index (κ3) is 3.75. The van der Waals surface area contributed by atoms with Gasteiger partial charge in [-0.1, -0.05) is 24.0 Å². The molecule has 0 bridgehead atoms. The monoisotopic (exact) mass is 404 g/mol. The lowest BCUT2D eigenvalue weighted by molar-refractivity contribution is -0.384. The first-order valence-corrected chi connectivity index (χ1v) is 8.39. The molecule has 2 N–H and O–H groups in total. The number of hydrogen-bond acceptors (Lipinski definition) is 8. The van der Waals surface area contributed by atoms with Gasteiger partial charge in [0.25, 0.3) is 23.4 Å². The van der Waals surface area contributed by atoms with Crippen molar-refractivity contribution in [1.82, 2.24) is 15.5 Å². The molecule has 0 unspecified atom stereocenters. The van der Waals surface area contributed by atoms with Crippen molar-refractivity contribution in [3.8, 4) is 0 Å². The molecule has 0 aliphatic carbocycles. The fraction of sp³-hybridized carbons (Fsp3) is 0. The van der Waals surface area contributed by atoms with E-state index in [1.807, 2.05) is 10.6 Å². The quantitative estimate of drug-likeness (QED) is 0.251. The van der Waals surface area contributed by atoms with Gasteiger partial charge in [-0.05, 0) is 23.8 Å². The average Bonchev–Trinajstić information content (AvgIpc) is 2.85. The van der Waals surface area contributed by atoms with Gasteiger partial charge < -0.3 is 0 Å². The van der Waals surface area contributed by atoms with Gasteiger partial charge in [-0.15, -0.1) is 0 Å². The van der Waals surface area contributed by atoms with E-state index in [4.69, 9.17) is 12.2 Å². The van der Waals surface area contributed by atoms with Crippen LogP contribution in [0.3, 0.4) is 0 Å². The minimum absolute atomic E-state index is 0.0816. The molecule has 0 aromatic heterocycles. The lowest BCUT2D eigenvalue weighted by atomic mass is 10.2. The third-order valence-electron chi connectivity index (χ3n) is 3.43. The van der Waals surface area contributed by atoms with Crippen LogP contribution in [-0.2, 0) is 14.4 Å². The van der Waals surface area contributed by atoms with Crippen molar-refractivity contribution >= 4 is 63.8 Å². The zero-order chi connectivity index (χ0) is 19.7. The Labute approximate surface area is 160 Å². The largest absolute Gasteiger partial charge is 0.328 e. The van der Waals surface area contributed by atoms with Crippen molar-refractivity contribution in [3.63, 3.8) is 0 Å². The molecule has 27 heavy (non-hydrogen) atoms. The summed E-state index contributed by atoms with van der Waals surface area (Å²) in [6, 6.07) is 4.57. The van der Waals surface area contributed by atoms with Crippen molar-refractivity contribution in [2.75, 3.05) is 0 Å². The highest BCUT2D eigenvalue weighted by Gasteiger charge is 2.35. The second kappa shape index (κ2) is 7.09. The smallest absolute Gasteiger partial charge is 0.273 e. The molecule has 5 amide bonds. The summed E-state index contributed by atoms with van der Waals surface area (Å²) in [6.45, 7) is 0. The van der Waals surface area contributed by atoms with Crippen LogP contribution in [0.1, 0.15) is 5.56 Å². The maximum Gasteiger partial charge on any atom is 0.328 e. The number of hydrogen-bond donors (Lipinski definition) is 2. The molecule has 2 aliphatic rings. The summed E-state index contributed by atoms with van der Waals surface area (Å²) in [5.74, 6) is -2.47. The Balaban J connectivity index is 1.85. The number of nitro benzene ring substituents is 1. The van der Waals surface area contributed by atoms with Gasteiger partial charge in [0.05, 0.1) is 9.83 Å². The van der Waals surface area contributed by atoms with Crippen LogP contribution in [-0.4, -0.2) is 37.9 Å². The van der Waals surface area contributed by atoms with Gasteiger partial charge in [0.2, 0.25) is 0 Å². The Morgan fingerprint density at radius 2 is 1.67 bits per heavy atom. The number of benzene rings is 1. The molecule has 0 atom stereocenters. The molecule has 3 rings (SSSR count). The van der Waals surface area contributed by atoms with E-state index in [2.05, 4.69) is 0 Å². The molecule has 0 saturated carbocycles. The SMILES string of the molecule is O=C1NC(=O)C(=CN2C(=O)/C(=C\c3ccc([N+](=O)[O-])cc3)SC2=S)C(=O)N1. The molecule has 1 aromatic rings. The summed E-state index contributed by atoms with van der Waals surface area (Å²) >= 11 is 6.04. The van der Waals surface area contributed by atoms with Gasteiger partial charge >= 0.3 is 6.03 Å². The van der Waals surface area contributed by atoms with E-state index in [1.165, 1.54) is 30.3 Å². The Morgan fingerprint density at radius 3 is 2.22 bits per heavy atom. The van der Waals surface area contributed by atoms with Crippen molar-refractivity contribution in [3.05, 3.63) is 56.6 Å². The number of nitrogens with one attached hydrogen (secondary N) is 2. The molecule has 2 heterocycles. The fourth-order valence-corrected chi connectivity index (χ4v) is 3.36. The highest BCUT2D eigenvalue weighted by Crippen LogP contribution is 2.33. The first kappa shape index (κ1) is 18.4. The van der Waals surface area contributed by atoms with Crippen LogP contribution in [0.4, 0.5) is 10.5 Å². The van der Waals surface area contributed by atoms with Crippen LogP contribution in [0.5, 0.6) is 0 Å². The topological polar surface area (TPSA) is 139 Å². The summed E-state index contributed by atoms with van der Waals surface area (Å²) in [5.41, 5.74) is 0.00305. The normalized spacial score (nSPS) is 18.7. The lowest BCUT2D eigenvalue weighted by Gasteiger charge is -2.16. The Morgan fingerprint density at radius 1 is 1.07 bits per heavy atom. The van der Waals surface area contributed by atoms with Crippen LogP contribution >= 0.6 is 24.0 Å². The van der Waals surface area contributed by atoms with Gasteiger partial charge in [0.1, 0.15) is 5.57 Å². The number of carbonyl (C=O) groups excluding carboxylic acids is 4. The van der Waals surface area contributed by atoms with Crippen molar-refractivity contribution < 1.29 is 24.1 Å². The number of thiocarbonyl (C=S) groups is 1.